The zero-order valence-corrected chi connectivity index (χ0v) is 16.9. The number of aliphatic hydroxyl groups is 1. The number of piperidine rings is 1. The van der Waals surface area contributed by atoms with Gasteiger partial charge in [0.05, 0.1) is 6.54 Å². The van der Waals surface area contributed by atoms with Crippen LogP contribution in [-0.2, 0) is 0 Å². The van der Waals surface area contributed by atoms with Gasteiger partial charge >= 0.3 is 0 Å². The lowest BCUT2D eigenvalue weighted by Gasteiger charge is -2.27. The molecule has 3 N–H and O–H groups in total. The highest BCUT2D eigenvalue weighted by Gasteiger charge is 2.12. The lowest BCUT2D eigenvalue weighted by molar-refractivity contribution is 0.114. The first-order valence-corrected chi connectivity index (χ1v) is 8.34. The Bertz CT molecular complexity index is 462. The van der Waals surface area contributed by atoms with E-state index in [0.29, 0.717) is 5.96 Å². The minimum atomic E-state index is -0.646. The second-order valence-electron chi connectivity index (χ2n) is 5.17. The van der Waals surface area contributed by atoms with E-state index in [4.69, 9.17) is 10.5 Å². The number of guanidine groups is 1. The number of hydrogen-bond acceptors (Lipinski definition) is 3. The molecule has 124 valence electrons. The molecule has 7 heteroatoms. The van der Waals surface area contributed by atoms with Crippen LogP contribution >= 0.6 is 46.6 Å². The lowest BCUT2D eigenvalue weighted by atomic mass is 10.1. The van der Waals surface area contributed by atoms with Crippen LogP contribution in [0.5, 0.6) is 5.75 Å². The van der Waals surface area contributed by atoms with E-state index in [1.807, 2.05) is 24.3 Å². The summed E-state index contributed by atoms with van der Waals surface area (Å²) in [5.74, 6) is 1.28. The molecule has 1 saturated heterocycles. The molecule has 0 aromatic heterocycles. The molecule has 0 amide bonds. The van der Waals surface area contributed by atoms with Crippen LogP contribution in [0.2, 0.25) is 0 Å². The largest absolute Gasteiger partial charge is 0.491 e. The van der Waals surface area contributed by atoms with Crippen LogP contribution < -0.4 is 10.5 Å². The summed E-state index contributed by atoms with van der Waals surface area (Å²) in [5.41, 5.74) is 5.94. The highest BCUT2D eigenvalue weighted by atomic mass is 127. The molecule has 1 aromatic rings. The van der Waals surface area contributed by atoms with E-state index in [1.165, 1.54) is 6.42 Å². The van der Waals surface area contributed by atoms with Gasteiger partial charge in [0, 0.05) is 16.7 Å². The topological polar surface area (TPSA) is 71.1 Å². The maximum absolute atomic E-state index is 9.90. The number of likely N-dealkylation sites (tertiary alicyclic amines) is 1. The molecule has 1 fully saturated rings. The third-order valence-electron chi connectivity index (χ3n) is 3.40. The van der Waals surface area contributed by atoms with Gasteiger partial charge in [0.15, 0.2) is 5.96 Å². The predicted molar refractivity (Wildman–Crippen MR) is 108 cm³/mol. The molecule has 5 nitrogen and oxygen atoms in total. The van der Waals surface area contributed by atoms with Gasteiger partial charge in [0.25, 0.3) is 0 Å². The average molecular weight is 531 g/mol. The number of halogens is 2. The fraction of sp³-hybridized carbons (Fsp3) is 0.533. The molecular formula is C15H23I2N3O2. The van der Waals surface area contributed by atoms with Gasteiger partial charge in [-0.15, -0.1) is 24.0 Å². The van der Waals surface area contributed by atoms with Gasteiger partial charge < -0.3 is 20.5 Å². The fourth-order valence-electron chi connectivity index (χ4n) is 2.20. The normalized spacial score (nSPS) is 16.8. The standard InChI is InChI=1S/C15H22IN3O2.HI/c16-12-4-6-14(7-5-12)21-11-13(20)10-18-15(17)19-8-2-1-3-9-19;/h4-7,13,20H,1-3,8-11H2,(H2,17,18);1H. The smallest absolute Gasteiger partial charge is 0.191 e. The Morgan fingerprint density at radius 1 is 1.27 bits per heavy atom. The summed E-state index contributed by atoms with van der Waals surface area (Å²) in [5, 5.41) is 9.90. The van der Waals surface area contributed by atoms with E-state index in [2.05, 4.69) is 32.5 Å². The number of nitrogens with two attached hydrogens (primary N) is 1. The SMILES string of the molecule is I.NC(=NCC(O)COc1ccc(I)cc1)N1CCCCC1. The van der Waals surface area contributed by atoms with Crippen molar-refractivity contribution < 1.29 is 9.84 Å². The van der Waals surface area contributed by atoms with Crippen LogP contribution in [0.3, 0.4) is 0 Å². The summed E-state index contributed by atoms with van der Waals surface area (Å²) >= 11 is 2.24. The number of hydrogen-bond donors (Lipinski definition) is 2. The van der Waals surface area contributed by atoms with Crippen molar-refractivity contribution in [1.82, 2.24) is 4.90 Å². The zero-order valence-electron chi connectivity index (χ0n) is 12.4. The fourth-order valence-corrected chi connectivity index (χ4v) is 2.56. The third kappa shape index (κ3) is 6.86. The number of aliphatic imine (C=N–C) groups is 1. The highest BCUT2D eigenvalue weighted by Crippen LogP contribution is 2.13. The minimum absolute atomic E-state index is 0. The van der Waals surface area contributed by atoms with Crippen molar-refractivity contribution in [1.29, 1.82) is 0 Å². The number of benzene rings is 1. The van der Waals surface area contributed by atoms with Gasteiger partial charge in [-0.1, -0.05) is 0 Å². The second kappa shape index (κ2) is 10.5. The van der Waals surface area contributed by atoms with Crippen LogP contribution in [0, 0.1) is 3.57 Å². The Morgan fingerprint density at radius 3 is 2.55 bits per heavy atom. The van der Waals surface area contributed by atoms with E-state index in [-0.39, 0.29) is 37.1 Å². The summed E-state index contributed by atoms with van der Waals surface area (Å²) in [4.78, 5) is 6.34. The minimum Gasteiger partial charge on any atom is -0.491 e. The molecule has 1 atom stereocenters. The van der Waals surface area contributed by atoms with Gasteiger partial charge in [-0.25, -0.2) is 0 Å². The van der Waals surface area contributed by atoms with Crippen molar-refractivity contribution in [3.8, 4) is 5.75 Å². The maximum Gasteiger partial charge on any atom is 0.191 e. The molecule has 1 aliphatic heterocycles. The van der Waals surface area contributed by atoms with E-state index >= 15 is 0 Å². The molecule has 1 aromatic carbocycles. The maximum atomic E-state index is 9.90. The van der Waals surface area contributed by atoms with E-state index < -0.39 is 6.10 Å². The second-order valence-corrected chi connectivity index (χ2v) is 6.41. The van der Waals surface area contributed by atoms with Crippen LogP contribution in [0.4, 0.5) is 0 Å². The molecule has 2 rings (SSSR count). The van der Waals surface area contributed by atoms with Crippen molar-refractivity contribution in [3.05, 3.63) is 27.8 Å². The molecule has 0 saturated carbocycles. The highest BCUT2D eigenvalue weighted by molar-refractivity contribution is 14.1. The van der Waals surface area contributed by atoms with Crippen LogP contribution in [0.25, 0.3) is 0 Å². The molecular weight excluding hydrogens is 508 g/mol. The number of aliphatic hydroxyl groups excluding tert-OH is 1. The van der Waals surface area contributed by atoms with Crippen molar-refractivity contribution >= 4 is 52.5 Å². The van der Waals surface area contributed by atoms with Gasteiger partial charge in [0.2, 0.25) is 0 Å². The Labute approximate surface area is 162 Å². The molecule has 1 aliphatic rings. The monoisotopic (exact) mass is 531 g/mol. The first kappa shape index (κ1) is 19.8. The van der Waals surface area contributed by atoms with Gasteiger partial charge in [-0.05, 0) is 66.1 Å². The third-order valence-corrected chi connectivity index (χ3v) is 4.12. The Hall–Kier alpha value is -0.290. The molecule has 0 spiro atoms. The van der Waals surface area contributed by atoms with Gasteiger partial charge in [-0.2, -0.15) is 0 Å². The van der Waals surface area contributed by atoms with E-state index in [1.54, 1.807) is 0 Å². The summed E-state index contributed by atoms with van der Waals surface area (Å²) in [7, 11) is 0. The number of rotatable bonds is 5. The van der Waals surface area contributed by atoms with Crippen molar-refractivity contribution in [2.45, 2.75) is 25.4 Å². The first-order chi connectivity index (χ1) is 10.1. The first-order valence-electron chi connectivity index (χ1n) is 7.26. The van der Waals surface area contributed by atoms with Crippen molar-refractivity contribution in [2.24, 2.45) is 10.7 Å². The quantitative estimate of drug-likeness (QED) is 0.348. The molecule has 0 bridgehead atoms. The average Bonchev–Trinajstić information content (AvgIpc) is 2.53. The molecule has 1 unspecified atom stereocenters. The lowest BCUT2D eigenvalue weighted by Crippen LogP contribution is -2.41. The van der Waals surface area contributed by atoms with Crippen LogP contribution in [0.15, 0.2) is 29.3 Å². The molecule has 1 heterocycles. The summed E-state index contributed by atoms with van der Waals surface area (Å²) < 4.78 is 6.68. The van der Waals surface area contributed by atoms with E-state index in [9.17, 15) is 5.11 Å². The predicted octanol–water partition coefficient (Wildman–Crippen LogP) is 2.45. The van der Waals surface area contributed by atoms with Gasteiger partial charge in [0.1, 0.15) is 18.5 Å². The number of nitrogens with zero attached hydrogens (tertiary/aromatic N) is 2. The zero-order chi connectivity index (χ0) is 15.1. The Balaban J connectivity index is 0.00000242. The van der Waals surface area contributed by atoms with Crippen molar-refractivity contribution in [3.63, 3.8) is 0 Å². The molecule has 0 radical (unpaired) electrons. The van der Waals surface area contributed by atoms with Crippen molar-refractivity contribution in [2.75, 3.05) is 26.2 Å². The summed E-state index contributed by atoms with van der Waals surface area (Å²) in [6.07, 6.45) is 2.94. The van der Waals surface area contributed by atoms with Gasteiger partial charge in [-0.3, -0.25) is 4.99 Å². The van der Waals surface area contributed by atoms with Crippen LogP contribution in [-0.4, -0.2) is 48.3 Å². The summed E-state index contributed by atoms with van der Waals surface area (Å²) in [6.45, 7) is 2.42. The Kier molecular flexibility index (Phi) is 9.41. The molecule has 22 heavy (non-hydrogen) atoms. The molecule has 0 aliphatic carbocycles. The summed E-state index contributed by atoms with van der Waals surface area (Å²) in [6, 6.07) is 7.71. The number of ether oxygens (including phenoxy) is 1. The van der Waals surface area contributed by atoms with E-state index in [0.717, 1.165) is 35.3 Å². The van der Waals surface area contributed by atoms with Crippen LogP contribution in [0.1, 0.15) is 19.3 Å². The Morgan fingerprint density at radius 2 is 1.91 bits per heavy atom.